The number of carbonyl (C=O) groups is 1. The minimum Gasteiger partial charge on any atom is -0.481 e. The molecule has 0 unspecified atom stereocenters. The Morgan fingerprint density at radius 2 is 2.07 bits per heavy atom. The van der Waals surface area contributed by atoms with Crippen LogP contribution in [0.1, 0.15) is 50.8 Å². The largest absolute Gasteiger partial charge is 0.481 e. The van der Waals surface area contributed by atoms with Crippen molar-refractivity contribution in [2.45, 2.75) is 45.4 Å². The first-order chi connectivity index (χ1) is 7.17. The fourth-order valence-corrected chi connectivity index (χ4v) is 1.38. The Balaban J connectivity index is 2.59. The Morgan fingerprint density at radius 3 is 2.60 bits per heavy atom. The summed E-state index contributed by atoms with van der Waals surface area (Å²) in [6.45, 7) is 4.13. The lowest BCUT2D eigenvalue weighted by atomic mass is 10.0. The SMILES string of the molecule is CCC(CC)c1nnc(CCC(=O)O)o1. The van der Waals surface area contributed by atoms with E-state index in [9.17, 15) is 4.79 Å². The van der Waals surface area contributed by atoms with Crippen LogP contribution in [0.4, 0.5) is 0 Å². The van der Waals surface area contributed by atoms with Crippen LogP contribution in [0.2, 0.25) is 0 Å². The molecule has 1 rings (SSSR count). The molecule has 0 bridgehead atoms. The molecule has 1 aromatic heterocycles. The van der Waals surface area contributed by atoms with Gasteiger partial charge >= 0.3 is 5.97 Å². The molecule has 1 heterocycles. The molecule has 84 valence electrons. The molecule has 0 spiro atoms. The number of rotatable bonds is 6. The van der Waals surface area contributed by atoms with E-state index in [-0.39, 0.29) is 12.3 Å². The smallest absolute Gasteiger partial charge is 0.303 e. The number of aliphatic carboxylic acids is 1. The highest BCUT2D eigenvalue weighted by molar-refractivity contribution is 5.66. The third-order valence-corrected chi connectivity index (χ3v) is 2.37. The van der Waals surface area contributed by atoms with E-state index in [1.54, 1.807) is 0 Å². The molecule has 0 fully saturated rings. The molecule has 0 atom stereocenters. The molecule has 0 saturated heterocycles. The second-order valence-corrected chi connectivity index (χ2v) is 3.44. The highest BCUT2D eigenvalue weighted by atomic mass is 16.4. The van der Waals surface area contributed by atoms with E-state index in [0.29, 0.717) is 18.2 Å². The van der Waals surface area contributed by atoms with Crippen LogP contribution in [0.15, 0.2) is 4.42 Å². The Kier molecular flexibility index (Phi) is 4.27. The third kappa shape index (κ3) is 3.34. The van der Waals surface area contributed by atoms with Crippen LogP contribution in [0.25, 0.3) is 0 Å². The van der Waals surface area contributed by atoms with Crippen LogP contribution in [0.5, 0.6) is 0 Å². The van der Waals surface area contributed by atoms with Gasteiger partial charge in [-0.1, -0.05) is 13.8 Å². The van der Waals surface area contributed by atoms with Gasteiger partial charge < -0.3 is 9.52 Å². The monoisotopic (exact) mass is 212 g/mol. The molecular formula is C10H16N2O3. The minimum atomic E-state index is -0.850. The van der Waals surface area contributed by atoms with Crippen LogP contribution in [-0.4, -0.2) is 21.3 Å². The molecule has 0 aliphatic rings. The normalized spacial score (nSPS) is 10.9. The maximum Gasteiger partial charge on any atom is 0.303 e. The zero-order valence-corrected chi connectivity index (χ0v) is 9.06. The van der Waals surface area contributed by atoms with Crippen LogP contribution in [0.3, 0.4) is 0 Å². The summed E-state index contributed by atoms with van der Waals surface area (Å²) in [5.74, 6) is 0.480. The van der Waals surface area contributed by atoms with Crippen LogP contribution >= 0.6 is 0 Å². The molecular weight excluding hydrogens is 196 g/mol. The van der Waals surface area contributed by atoms with Crippen molar-refractivity contribution in [2.24, 2.45) is 0 Å². The zero-order chi connectivity index (χ0) is 11.3. The van der Waals surface area contributed by atoms with E-state index in [1.807, 2.05) is 0 Å². The second kappa shape index (κ2) is 5.48. The zero-order valence-electron chi connectivity index (χ0n) is 9.06. The van der Waals surface area contributed by atoms with E-state index in [2.05, 4.69) is 24.0 Å². The summed E-state index contributed by atoms with van der Waals surface area (Å²) in [4.78, 5) is 10.3. The van der Waals surface area contributed by atoms with Gasteiger partial charge in [-0.3, -0.25) is 4.79 Å². The molecule has 5 nitrogen and oxygen atoms in total. The standard InChI is InChI=1S/C10H16N2O3/c1-3-7(4-2)10-12-11-8(15-10)5-6-9(13)14/h7H,3-6H2,1-2H3,(H,13,14). The molecule has 0 radical (unpaired) electrons. The van der Waals surface area contributed by atoms with Gasteiger partial charge in [0, 0.05) is 12.3 Å². The molecule has 0 saturated carbocycles. The van der Waals surface area contributed by atoms with Crippen molar-refractivity contribution in [1.82, 2.24) is 10.2 Å². The van der Waals surface area contributed by atoms with Crippen molar-refractivity contribution in [3.05, 3.63) is 11.8 Å². The summed E-state index contributed by atoms with van der Waals surface area (Å²) < 4.78 is 5.39. The van der Waals surface area contributed by atoms with Gasteiger partial charge in [0.25, 0.3) is 0 Å². The van der Waals surface area contributed by atoms with Crippen molar-refractivity contribution >= 4 is 5.97 Å². The average Bonchev–Trinajstić information content (AvgIpc) is 2.65. The van der Waals surface area contributed by atoms with Gasteiger partial charge in [-0.15, -0.1) is 10.2 Å². The lowest BCUT2D eigenvalue weighted by Crippen LogP contribution is -1.97. The number of carboxylic acids is 1. The van der Waals surface area contributed by atoms with Crippen molar-refractivity contribution in [1.29, 1.82) is 0 Å². The number of hydrogen-bond acceptors (Lipinski definition) is 4. The number of hydrogen-bond donors (Lipinski definition) is 1. The molecule has 1 aromatic rings. The van der Waals surface area contributed by atoms with E-state index in [4.69, 9.17) is 9.52 Å². The van der Waals surface area contributed by atoms with Gasteiger partial charge in [0.15, 0.2) is 0 Å². The highest BCUT2D eigenvalue weighted by Gasteiger charge is 2.15. The molecule has 0 amide bonds. The first kappa shape index (κ1) is 11.7. The predicted octanol–water partition coefficient (Wildman–Crippen LogP) is 1.99. The van der Waals surface area contributed by atoms with Crippen molar-refractivity contribution in [2.75, 3.05) is 0 Å². The molecule has 5 heteroatoms. The first-order valence-corrected chi connectivity index (χ1v) is 5.21. The first-order valence-electron chi connectivity index (χ1n) is 5.21. The summed E-state index contributed by atoms with van der Waals surface area (Å²) >= 11 is 0. The number of aromatic nitrogens is 2. The Hall–Kier alpha value is -1.39. The van der Waals surface area contributed by atoms with Gasteiger partial charge in [-0.2, -0.15) is 0 Å². The number of carboxylic acid groups (broad SMARTS) is 1. The van der Waals surface area contributed by atoms with Gasteiger partial charge in [-0.05, 0) is 12.8 Å². The maximum absolute atomic E-state index is 10.3. The number of aryl methyl sites for hydroxylation is 1. The summed E-state index contributed by atoms with van der Waals surface area (Å²) in [5.41, 5.74) is 0. The van der Waals surface area contributed by atoms with Crippen LogP contribution in [-0.2, 0) is 11.2 Å². The van der Waals surface area contributed by atoms with Gasteiger partial charge in [0.1, 0.15) is 0 Å². The van der Waals surface area contributed by atoms with Gasteiger partial charge in [0.2, 0.25) is 11.8 Å². The molecule has 0 aliphatic heterocycles. The lowest BCUT2D eigenvalue weighted by Gasteiger charge is -2.04. The van der Waals surface area contributed by atoms with E-state index in [1.165, 1.54) is 0 Å². The minimum absolute atomic E-state index is 0.0323. The summed E-state index contributed by atoms with van der Waals surface area (Å²) in [6.07, 6.45) is 2.25. The van der Waals surface area contributed by atoms with Crippen molar-refractivity contribution in [3.8, 4) is 0 Å². The number of nitrogens with zero attached hydrogens (tertiary/aromatic N) is 2. The molecule has 15 heavy (non-hydrogen) atoms. The van der Waals surface area contributed by atoms with E-state index >= 15 is 0 Å². The van der Waals surface area contributed by atoms with Crippen molar-refractivity contribution in [3.63, 3.8) is 0 Å². The van der Waals surface area contributed by atoms with Gasteiger partial charge in [0.05, 0.1) is 6.42 Å². The Bertz CT molecular complexity index is 318. The summed E-state index contributed by atoms with van der Waals surface area (Å²) in [7, 11) is 0. The molecule has 0 aromatic carbocycles. The third-order valence-electron chi connectivity index (χ3n) is 2.37. The summed E-state index contributed by atoms with van der Waals surface area (Å²) in [5, 5.41) is 16.2. The Labute approximate surface area is 88.5 Å². The van der Waals surface area contributed by atoms with Crippen molar-refractivity contribution < 1.29 is 14.3 Å². The fourth-order valence-electron chi connectivity index (χ4n) is 1.38. The highest BCUT2D eigenvalue weighted by Crippen LogP contribution is 2.21. The summed E-state index contributed by atoms with van der Waals surface area (Å²) in [6, 6.07) is 0. The van der Waals surface area contributed by atoms with Gasteiger partial charge in [-0.25, -0.2) is 0 Å². The molecule has 0 aliphatic carbocycles. The van der Waals surface area contributed by atoms with Crippen LogP contribution in [0, 0.1) is 0 Å². The van der Waals surface area contributed by atoms with Crippen LogP contribution < -0.4 is 0 Å². The quantitative estimate of drug-likeness (QED) is 0.780. The second-order valence-electron chi connectivity index (χ2n) is 3.44. The predicted molar refractivity (Wildman–Crippen MR) is 53.6 cm³/mol. The average molecular weight is 212 g/mol. The molecule has 1 N–H and O–H groups in total. The van der Waals surface area contributed by atoms with E-state index < -0.39 is 5.97 Å². The maximum atomic E-state index is 10.3. The lowest BCUT2D eigenvalue weighted by molar-refractivity contribution is -0.137. The topological polar surface area (TPSA) is 76.2 Å². The Morgan fingerprint density at radius 1 is 1.40 bits per heavy atom. The fraction of sp³-hybridized carbons (Fsp3) is 0.700. The van der Waals surface area contributed by atoms with E-state index in [0.717, 1.165) is 12.8 Å².